The third-order valence-corrected chi connectivity index (χ3v) is 14.7. The van der Waals surface area contributed by atoms with E-state index in [-0.39, 0.29) is 0 Å². The highest BCUT2D eigenvalue weighted by Crippen LogP contribution is 2.53. The Hall–Kier alpha value is -6.34. The van der Waals surface area contributed by atoms with E-state index in [1.54, 1.807) is 0 Å². The topological polar surface area (TPSA) is 16.3 Å². The summed E-state index contributed by atoms with van der Waals surface area (Å²) in [5, 5.41) is 5.28. The highest BCUT2D eigenvalue weighted by molar-refractivity contribution is 8.00. The Kier molecular flexibility index (Phi) is 8.74. The van der Waals surface area contributed by atoms with Crippen molar-refractivity contribution in [2.45, 2.75) is 58.4 Å². The Morgan fingerprint density at radius 3 is 1.03 bits per heavy atom. The first kappa shape index (κ1) is 35.6. The largest absolute Gasteiger partial charge is 0.340 e. The molecule has 0 amide bonds. The van der Waals surface area contributed by atoms with E-state index in [1.165, 1.54) is 110 Å². The molecule has 60 heavy (non-hydrogen) atoms. The summed E-state index contributed by atoms with van der Waals surface area (Å²) in [6.07, 6.45) is 4.68. The van der Waals surface area contributed by atoms with Gasteiger partial charge in [0.2, 0.25) is 0 Å². The van der Waals surface area contributed by atoms with E-state index in [2.05, 4.69) is 201 Å². The van der Waals surface area contributed by atoms with Crippen molar-refractivity contribution < 1.29 is 0 Å². The molecule has 0 atom stereocenters. The predicted octanol–water partition coefficient (Wildman–Crippen LogP) is 16.0. The van der Waals surface area contributed by atoms with Crippen molar-refractivity contribution in [2.75, 3.05) is 9.80 Å². The molecule has 12 rings (SSSR count). The van der Waals surface area contributed by atoms with Crippen LogP contribution in [0.4, 0.5) is 34.1 Å². The molecule has 0 bridgehead atoms. The Bertz CT molecular complexity index is 2960. The number of aromatic nitrogens is 2. The minimum atomic E-state index is 1.01. The van der Waals surface area contributed by atoms with Crippen LogP contribution in [0.25, 0.3) is 43.6 Å². The van der Waals surface area contributed by atoms with Gasteiger partial charge in [-0.2, -0.15) is 0 Å². The summed E-state index contributed by atoms with van der Waals surface area (Å²) < 4.78 is 5.12. The lowest BCUT2D eigenvalue weighted by molar-refractivity contribution is 0.559. The number of unbranched alkanes of at least 4 members (excludes halogenated alkanes) is 3. The molecule has 0 fully saturated rings. The summed E-state index contributed by atoms with van der Waals surface area (Å²) in [7, 11) is 0. The summed E-state index contributed by atoms with van der Waals surface area (Å²) in [6, 6.07) is 67.2. The number of aryl methyl sites for hydroxylation is 2. The van der Waals surface area contributed by atoms with Gasteiger partial charge in [-0.3, -0.25) is 0 Å². The molecule has 0 spiro atoms. The van der Waals surface area contributed by atoms with Gasteiger partial charge in [-0.15, -0.1) is 0 Å². The van der Waals surface area contributed by atoms with Gasteiger partial charge in [0.1, 0.15) is 0 Å². The lowest BCUT2D eigenvalue weighted by Gasteiger charge is -2.32. The second-order valence-corrected chi connectivity index (χ2v) is 18.1. The van der Waals surface area contributed by atoms with Crippen LogP contribution in [-0.4, -0.2) is 9.13 Å². The molecule has 0 saturated heterocycles. The lowest BCUT2D eigenvalue weighted by atomic mass is 10.1. The van der Waals surface area contributed by atoms with Crippen molar-refractivity contribution in [3.63, 3.8) is 0 Å². The highest BCUT2D eigenvalue weighted by atomic mass is 32.2. The van der Waals surface area contributed by atoms with Crippen LogP contribution in [0, 0.1) is 0 Å². The molecule has 2 aliphatic rings. The Balaban J connectivity index is 0.787. The lowest BCUT2D eigenvalue weighted by Crippen LogP contribution is -2.14. The fourth-order valence-electron chi connectivity index (χ4n) is 9.70. The zero-order valence-corrected chi connectivity index (χ0v) is 34.8. The minimum Gasteiger partial charge on any atom is -0.340 e. The zero-order chi connectivity index (χ0) is 39.6. The molecule has 0 unspecified atom stereocenters. The van der Waals surface area contributed by atoms with Crippen LogP contribution in [0.5, 0.6) is 0 Å². The van der Waals surface area contributed by atoms with Crippen LogP contribution in [0.3, 0.4) is 0 Å². The Morgan fingerprint density at radius 1 is 0.300 bits per heavy atom. The van der Waals surface area contributed by atoms with Gasteiger partial charge in [0.15, 0.2) is 0 Å². The number of fused-ring (bicyclic) bond motifs is 10. The average Bonchev–Trinajstić information content (AvgIpc) is 3.79. The first-order valence-electron chi connectivity index (χ1n) is 21.1. The van der Waals surface area contributed by atoms with E-state index in [4.69, 9.17) is 0 Å². The van der Waals surface area contributed by atoms with E-state index in [0.717, 1.165) is 25.9 Å². The van der Waals surface area contributed by atoms with E-state index in [1.807, 2.05) is 23.5 Å². The van der Waals surface area contributed by atoms with Gasteiger partial charge < -0.3 is 18.9 Å². The van der Waals surface area contributed by atoms with E-state index < -0.39 is 0 Å². The molecule has 0 saturated carbocycles. The van der Waals surface area contributed by atoms with Gasteiger partial charge in [0.25, 0.3) is 0 Å². The summed E-state index contributed by atoms with van der Waals surface area (Å²) in [4.78, 5) is 10.0. The van der Waals surface area contributed by atoms with Gasteiger partial charge >= 0.3 is 0 Å². The number of para-hydroxylation sites is 6. The molecule has 4 heterocycles. The second kappa shape index (κ2) is 14.7. The van der Waals surface area contributed by atoms with Crippen molar-refractivity contribution in [3.05, 3.63) is 182 Å². The quantitative estimate of drug-likeness (QED) is 0.135. The molecule has 0 N–H and O–H groups in total. The maximum absolute atomic E-state index is 2.56. The molecular weight excluding hydrogens is 769 g/mol. The molecule has 0 radical (unpaired) electrons. The SMILES string of the molecule is c1ccc2c(c1)Sc1ccccc1N2c1ccc2c(c1)c1ccccc1n2CCCCCCn1c2ccccc2c2cc(N3c4ccccc4Sc4ccccc43)ccc21. The monoisotopic (exact) mass is 810 g/mol. The zero-order valence-electron chi connectivity index (χ0n) is 33.2. The normalized spacial score (nSPS) is 13.2. The van der Waals surface area contributed by atoms with Crippen LogP contribution in [-0.2, 0) is 13.1 Å². The van der Waals surface area contributed by atoms with Crippen LogP contribution >= 0.6 is 23.5 Å². The molecule has 6 heteroatoms. The third kappa shape index (κ3) is 5.84. The standard InChI is InChI=1S/C54H42N4S2/c1(15-33-55-43-19-5-3-17-39(43)41-35-37(29-31-45(41)55)57-47-21-7-11-25-51(47)59-52-26-12-8-22-48(52)57)2-16-34-56-44-20-6-4-18-40(44)42-36-38(30-32-46(42)56)58-49-23-9-13-27-53(49)60-54-28-14-10-24-50(54)58/h3-14,17-32,35-36H,1-2,15-16,33-34H2. The number of hydrogen-bond acceptors (Lipinski definition) is 4. The van der Waals surface area contributed by atoms with E-state index in [0.29, 0.717) is 0 Å². The van der Waals surface area contributed by atoms with Gasteiger partial charge in [0.05, 0.1) is 22.7 Å². The molecule has 290 valence electrons. The van der Waals surface area contributed by atoms with Crippen LogP contribution in [0.1, 0.15) is 25.7 Å². The second-order valence-electron chi connectivity index (χ2n) is 15.9. The van der Waals surface area contributed by atoms with Crippen molar-refractivity contribution >= 4 is 101 Å². The Labute approximate surface area is 358 Å². The van der Waals surface area contributed by atoms with Gasteiger partial charge in [-0.25, -0.2) is 0 Å². The van der Waals surface area contributed by atoms with Crippen molar-refractivity contribution in [3.8, 4) is 0 Å². The number of anilines is 6. The predicted molar refractivity (Wildman–Crippen MR) is 255 cm³/mol. The molecule has 8 aromatic carbocycles. The first-order chi connectivity index (χ1) is 29.8. The van der Waals surface area contributed by atoms with Crippen molar-refractivity contribution in [2.24, 2.45) is 0 Å². The molecule has 2 aromatic heterocycles. The van der Waals surface area contributed by atoms with Crippen LogP contribution in [0.2, 0.25) is 0 Å². The summed E-state index contributed by atoms with van der Waals surface area (Å²) >= 11 is 3.72. The van der Waals surface area contributed by atoms with Gasteiger partial charge in [0, 0.05) is 87.7 Å². The summed E-state index contributed by atoms with van der Waals surface area (Å²) in [5.74, 6) is 0. The van der Waals surface area contributed by atoms with Crippen LogP contribution < -0.4 is 9.80 Å². The van der Waals surface area contributed by atoms with Gasteiger partial charge in [-0.1, -0.05) is 121 Å². The van der Waals surface area contributed by atoms with Crippen molar-refractivity contribution in [1.82, 2.24) is 9.13 Å². The van der Waals surface area contributed by atoms with Gasteiger partial charge in [-0.05, 0) is 110 Å². The average molecular weight is 811 g/mol. The fourth-order valence-corrected chi connectivity index (χ4v) is 11.8. The van der Waals surface area contributed by atoms with Crippen LogP contribution in [0.15, 0.2) is 202 Å². The molecule has 2 aliphatic heterocycles. The highest BCUT2D eigenvalue weighted by Gasteiger charge is 2.27. The molecule has 0 aliphatic carbocycles. The maximum Gasteiger partial charge on any atom is 0.0601 e. The Morgan fingerprint density at radius 2 is 0.633 bits per heavy atom. The smallest absolute Gasteiger partial charge is 0.0601 e. The maximum atomic E-state index is 2.56. The minimum absolute atomic E-state index is 1.01. The number of rotatable bonds is 9. The van der Waals surface area contributed by atoms with E-state index >= 15 is 0 Å². The van der Waals surface area contributed by atoms with Crippen molar-refractivity contribution in [1.29, 1.82) is 0 Å². The number of hydrogen-bond donors (Lipinski definition) is 0. The number of benzene rings is 8. The first-order valence-corrected chi connectivity index (χ1v) is 22.8. The van der Waals surface area contributed by atoms with E-state index in [9.17, 15) is 0 Å². The molecule has 4 nitrogen and oxygen atoms in total. The molecule has 10 aromatic rings. The molecular formula is C54H42N4S2. The number of nitrogens with zero attached hydrogens (tertiary/aromatic N) is 4. The fraction of sp³-hybridized carbons (Fsp3) is 0.111. The third-order valence-electron chi connectivity index (χ3n) is 12.4. The summed E-state index contributed by atoms with van der Waals surface area (Å²) in [5.41, 5.74) is 12.6. The summed E-state index contributed by atoms with van der Waals surface area (Å²) in [6.45, 7) is 2.02.